The molecule has 0 fully saturated rings. The number of nitrogens with zero attached hydrogens (tertiary/aromatic N) is 1. The highest BCUT2D eigenvalue weighted by Crippen LogP contribution is 2.29. The lowest BCUT2D eigenvalue weighted by Gasteiger charge is -2.12. The van der Waals surface area contributed by atoms with Gasteiger partial charge in [-0.3, -0.25) is 0 Å². The predicted octanol–water partition coefficient (Wildman–Crippen LogP) is 4.71. The average molecular weight is 413 g/mol. The van der Waals surface area contributed by atoms with E-state index < -0.39 is 23.6 Å². The summed E-state index contributed by atoms with van der Waals surface area (Å²) in [5, 5.41) is 12.5. The van der Waals surface area contributed by atoms with E-state index in [1.54, 1.807) is 12.1 Å². The van der Waals surface area contributed by atoms with E-state index in [4.69, 9.17) is 4.84 Å². The Balaban J connectivity index is 1.53. The highest BCUT2D eigenvalue weighted by Gasteiger charge is 2.24. The lowest BCUT2D eigenvalue weighted by Crippen LogP contribution is -2.18. The summed E-state index contributed by atoms with van der Waals surface area (Å²) in [5.41, 5.74) is 6.30. The Labute approximate surface area is 170 Å². The summed E-state index contributed by atoms with van der Waals surface area (Å²) < 4.78 is 40.3. The van der Waals surface area contributed by atoms with Crippen LogP contribution in [0.15, 0.2) is 59.6 Å². The van der Waals surface area contributed by atoms with Gasteiger partial charge in [-0.2, -0.15) is 0 Å². The first kappa shape index (κ1) is 19.8. The topological polar surface area (TPSA) is 65.9 Å². The molecule has 0 bridgehead atoms. The van der Waals surface area contributed by atoms with Gasteiger partial charge in [0.2, 0.25) is 6.23 Å². The van der Waals surface area contributed by atoms with Crippen molar-refractivity contribution in [2.45, 2.75) is 19.7 Å². The fourth-order valence-corrected chi connectivity index (χ4v) is 3.04. The molecule has 0 amide bonds. The predicted molar refractivity (Wildman–Crippen MR) is 106 cm³/mol. The molecule has 1 unspecified atom stereocenters. The molecule has 0 saturated heterocycles. The molecular formula is C22H18F3N3O2. The third kappa shape index (κ3) is 4.08. The van der Waals surface area contributed by atoms with E-state index in [9.17, 15) is 18.3 Å². The van der Waals surface area contributed by atoms with Crippen LogP contribution < -0.4 is 10.8 Å². The Kier molecular flexibility index (Phi) is 5.33. The van der Waals surface area contributed by atoms with Gasteiger partial charge in [-0.05, 0) is 48.4 Å². The Morgan fingerprint density at radius 1 is 1.03 bits per heavy atom. The average Bonchev–Trinajstić information content (AvgIpc) is 3.22. The van der Waals surface area contributed by atoms with E-state index in [0.29, 0.717) is 17.9 Å². The van der Waals surface area contributed by atoms with Crippen molar-refractivity contribution in [1.82, 2.24) is 5.48 Å². The number of hydroxylamine groups is 1. The summed E-state index contributed by atoms with van der Waals surface area (Å²) in [6, 6.07) is 13.8. The smallest absolute Gasteiger partial charge is 0.203 e. The molecule has 4 rings (SSSR count). The molecule has 0 radical (unpaired) electrons. The molecule has 0 spiro atoms. The number of hydrogen-bond acceptors (Lipinski definition) is 5. The first-order valence-electron chi connectivity index (χ1n) is 9.17. The number of nitrogens with one attached hydrogen (secondary N) is 2. The van der Waals surface area contributed by atoms with Crippen LogP contribution in [0.3, 0.4) is 0 Å². The van der Waals surface area contributed by atoms with Crippen LogP contribution in [0, 0.1) is 24.4 Å². The fourth-order valence-electron chi connectivity index (χ4n) is 3.04. The normalized spacial score (nSPS) is 15.6. The van der Waals surface area contributed by atoms with E-state index in [1.165, 1.54) is 12.1 Å². The zero-order valence-electron chi connectivity index (χ0n) is 15.9. The highest BCUT2D eigenvalue weighted by atomic mass is 19.1. The van der Waals surface area contributed by atoms with Crippen molar-refractivity contribution in [3.8, 4) is 5.75 Å². The van der Waals surface area contributed by atoms with Gasteiger partial charge in [0.05, 0.1) is 0 Å². The summed E-state index contributed by atoms with van der Waals surface area (Å²) in [4.78, 5) is 9.68. The molecule has 0 aliphatic carbocycles. The molecular weight excluding hydrogens is 395 g/mol. The number of aromatic hydroxyl groups is 1. The molecule has 1 heterocycles. The van der Waals surface area contributed by atoms with Gasteiger partial charge in [0.1, 0.15) is 5.82 Å². The maximum Gasteiger partial charge on any atom is 0.203 e. The number of benzene rings is 3. The van der Waals surface area contributed by atoms with Crippen molar-refractivity contribution < 1.29 is 23.1 Å². The van der Waals surface area contributed by atoms with Crippen molar-refractivity contribution >= 4 is 11.5 Å². The molecule has 1 aliphatic heterocycles. The molecule has 154 valence electrons. The van der Waals surface area contributed by atoms with Gasteiger partial charge >= 0.3 is 0 Å². The van der Waals surface area contributed by atoms with E-state index in [0.717, 1.165) is 28.9 Å². The fraction of sp³-hybridized carbons (Fsp3) is 0.136. The van der Waals surface area contributed by atoms with E-state index in [-0.39, 0.29) is 11.4 Å². The maximum atomic E-state index is 13.6. The second kappa shape index (κ2) is 8.08. The zero-order chi connectivity index (χ0) is 21.3. The van der Waals surface area contributed by atoms with Gasteiger partial charge in [0.25, 0.3) is 0 Å². The number of anilines is 1. The summed E-state index contributed by atoms with van der Waals surface area (Å²) in [7, 11) is 0. The zero-order valence-corrected chi connectivity index (χ0v) is 15.9. The lowest BCUT2D eigenvalue weighted by atomic mass is 10.1. The molecule has 1 atom stereocenters. The first-order valence-corrected chi connectivity index (χ1v) is 9.17. The molecule has 3 N–H and O–H groups in total. The van der Waals surface area contributed by atoms with Crippen LogP contribution in [0.1, 0.15) is 28.5 Å². The largest absolute Gasteiger partial charge is 0.503 e. The van der Waals surface area contributed by atoms with E-state index in [1.807, 2.05) is 25.1 Å². The third-order valence-corrected chi connectivity index (χ3v) is 4.75. The number of aliphatic imine (C=N–C) groups is 1. The standard InChI is InChI=1S/C22H18F3N3O2/c1-12-2-5-14(10-19(12)26-11-13-3-6-16(23)7-4-13)21-27-22(30-28-21)15-8-17(24)20(29)18(25)9-15/h2-10,22,26,29H,11H2,1H3,(H,27,28). The quantitative estimate of drug-likeness (QED) is 0.567. The van der Waals surface area contributed by atoms with Gasteiger partial charge in [0.15, 0.2) is 23.2 Å². The van der Waals surface area contributed by atoms with Crippen molar-refractivity contribution in [3.05, 3.63) is 94.3 Å². The summed E-state index contributed by atoms with van der Waals surface area (Å²) in [6.07, 6.45) is -0.957. The second-order valence-corrected chi connectivity index (χ2v) is 6.89. The number of phenolic OH excluding ortho intramolecular Hbond substituents is 1. The number of rotatable bonds is 5. The summed E-state index contributed by atoms with van der Waals surface area (Å²) in [6.45, 7) is 2.46. The summed E-state index contributed by atoms with van der Waals surface area (Å²) >= 11 is 0. The number of aryl methyl sites for hydroxylation is 1. The summed E-state index contributed by atoms with van der Waals surface area (Å²) in [5.74, 6) is -3.09. The molecule has 0 aromatic heterocycles. The Morgan fingerprint density at radius 2 is 1.73 bits per heavy atom. The maximum absolute atomic E-state index is 13.6. The van der Waals surface area contributed by atoms with Gasteiger partial charge in [-0.1, -0.05) is 24.3 Å². The molecule has 8 heteroatoms. The molecule has 30 heavy (non-hydrogen) atoms. The highest BCUT2D eigenvalue weighted by molar-refractivity contribution is 5.99. The molecule has 5 nitrogen and oxygen atoms in total. The van der Waals surface area contributed by atoms with Crippen molar-refractivity contribution in [1.29, 1.82) is 0 Å². The Hall–Kier alpha value is -3.52. The number of amidine groups is 1. The minimum absolute atomic E-state index is 0.132. The van der Waals surface area contributed by atoms with E-state index in [2.05, 4.69) is 15.8 Å². The van der Waals surface area contributed by atoms with Crippen LogP contribution >= 0.6 is 0 Å². The van der Waals surface area contributed by atoms with Crippen LogP contribution in [0.25, 0.3) is 0 Å². The van der Waals surface area contributed by atoms with Crippen molar-refractivity contribution in [3.63, 3.8) is 0 Å². The number of hydrogen-bond donors (Lipinski definition) is 3. The van der Waals surface area contributed by atoms with Crippen LogP contribution in [-0.2, 0) is 11.4 Å². The number of phenols is 1. The van der Waals surface area contributed by atoms with Crippen LogP contribution in [0.4, 0.5) is 18.9 Å². The van der Waals surface area contributed by atoms with E-state index >= 15 is 0 Å². The van der Waals surface area contributed by atoms with Gasteiger partial charge in [-0.15, -0.1) is 0 Å². The molecule has 3 aromatic rings. The molecule has 0 saturated carbocycles. The van der Waals surface area contributed by atoms with Crippen molar-refractivity contribution in [2.24, 2.45) is 4.99 Å². The van der Waals surface area contributed by atoms with Crippen LogP contribution in [-0.4, -0.2) is 10.9 Å². The van der Waals surface area contributed by atoms with Crippen LogP contribution in [0.2, 0.25) is 0 Å². The van der Waals surface area contributed by atoms with Gasteiger partial charge < -0.3 is 10.4 Å². The minimum atomic E-state index is -1.08. The molecule has 1 aliphatic rings. The molecule has 3 aromatic carbocycles. The van der Waals surface area contributed by atoms with Gasteiger partial charge in [-0.25, -0.2) is 28.5 Å². The lowest BCUT2D eigenvalue weighted by molar-refractivity contribution is 0.0372. The first-order chi connectivity index (χ1) is 14.4. The Morgan fingerprint density at radius 3 is 2.43 bits per heavy atom. The third-order valence-electron chi connectivity index (χ3n) is 4.75. The monoisotopic (exact) mass is 413 g/mol. The Bertz CT molecular complexity index is 1090. The SMILES string of the molecule is Cc1ccc(C2=NC(c3cc(F)c(O)c(F)c3)ON2)cc1NCc1ccc(F)cc1. The minimum Gasteiger partial charge on any atom is -0.503 e. The second-order valence-electron chi connectivity index (χ2n) is 6.89. The van der Waals surface area contributed by atoms with Crippen LogP contribution in [0.5, 0.6) is 5.75 Å². The van der Waals surface area contributed by atoms with Crippen molar-refractivity contribution in [2.75, 3.05) is 5.32 Å². The van der Waals surface area contributed by atoms with Gasteiger partial charge in [0, 0.05) is 23.4 Å². The number of halogens is 3.